The average molecular weight is 314 g/mol. The molecule has 0 atom stereocenters. The van der Waals surface area contributed by atoms with Crippen LogP contribution in [0.3, 0.4) is 0 Å². The molecule has 0 radical (unpaired) electrons. The molecule has 0 aliphatic heterocycles. The Balaban J connectivity index is 2.32. The van der Waals surface area contributed by atoms with E-state index >= 15 is 0 Å². The van der Waals surface area contributed by atoms with E-state index in [0.717, 1.165) is 12.8 Å². The Morgan fingerprint density at radius 2 is 2.14 bits per heavy atom. The number of hydrogen-bond donors (Lipinski definition) is 3. The van der Waals surface area contributed by atoms with Crippen molar-refractivity contribution >= 4 is 21.7 Å². The number of anilines is 1. The van der Waals surface area contributed by atoms with Crippen LogP contribution in [0, 0.1) is 0 Å². The number of rotatable bonds is 8. The fraction of sp³-hybridized carbons (Fsp3) is 0.462. The molecule has 1 saturated carbocycles. The van der Waals surface area contributed by atoms with Crippen LogP contribution in [0.4, 0.5) is 5.69 Å². The van der Waals surface area contributed by atoms with Crippen molar-refractivity contribution < 1.29 is 23.1 Å². The quantitative estimate of drug-likeness (QED) is 0.615. The molecule has 0 spiro atoms. The predicted molar refractivity (Wildman–Crippen MR) is 77.1 cm³/mol. The van der Waals surface area contributed by atoms with E-state index in [1.165, 1.54) is 25.3 Å². The molecule has 0 unspecified atom stereocenters. The molecule has 1 aliphatic rings. The van der Waals surface area contributed by atoms with E-state index in [2.05, 4.69) is 10.0 Å². The molecular formula is C13H18N2O5S. The van der Waals surface area contributed by atoms with Crippen molar-refractivity contribution in [3.63, 3.8) is 0 Å². The molecule has 1 aromatic rings. The number of carboxylic acid groups (broad SMARTS) is 1. The summed E-state index contributed by atoms with van der Waals surface area (Å²) in [6.07, 6.45) is 1.97. The van der Waals surface area contributed by atoms with Crippen molar-refractivity contribution in [3.8, 4) is 0 Å². The topological polar surface area (TPSA) is 105 Å². The van der Waals surface area contributed by atoms with Gasteiger partial charge in [0.2, 0.25) is 10.0 Å². The standard InChI is InChI=1S/C13H18N2O5S/c1-20-7-6-14-21(18,19)12-8-9(13(16)17)2-5-11(12)15-10-3-4-10/h2,5,8,10,14-15H,3-4,6-7H2,1H3,(H,16,17). The minimum Gasteiger partial charge on any atom is -0.478 e. The zero-order valence-electron chi connectivity index (χ0n) is 11.6. The van der Waals surface area contributed by atoms with Crippen LogP contribution in [0.2, 0.25) is 0 Å². The molecule has 0 bridgehead atoms. The van der Waals surface area contributed by atoms with Crippen LogP contribution < -0.4 is 10.0 Å². The third-order valence-corrected chi connectivity index (χ3v) is 4.55. The summed E-state index contributed by atoms with van der Waals surface area (Å²) in [6, 6.07) is 4.31. The fourth-order valence-electron chi connectivity index (χ4n) is 1.80. The highest BCUT2D eigenvalue weighted by atomic mass is 32.2. The van der Waals surface area contributed by atoms with Gasteiger partial charge in [-0.1, -0.05) is 0 Å². The van der Waals surface area contributed by atoms with Crippen LogP contribution in [0.25, 0.3) is 0 Å². The van der Waals surface area contributed by atoms with Crippen molar-refractivity contribution in [2.75, 3.05) is 25.6 Å². The number of carbonyl (C=O) groups is 1. The van der Waals surface area contributed by atoms with E-state index in [1.807, 2.05) is 0 Å². The van der Waals surface area contributed by atoms with Gasteiger partial charge in [0.1, 0.15) is 4.90 Å². The Morgan fingerprint density at radius 3 is 2.71 bits per heavy atom. The Hall–Kier alpha value is -1.64. The van der Waals surface area contributed by atoms with Gasteiger partial charge in [-0.05, 0) is 31.0 Å². The SMILES string of the molecule is COCCNS(=O)(=O)c1cc(C(=O)O)ccc1NC1CC1. The minimum absolute atomic E-state index is 0.0506. The zero-order chi connectivity index (χ0) is 15.5. The smallest absolute Gasteiger partial charge is 0.335 e. The van der Waals surface area contributed by atoms with Crippen molar-refractivity contribution in [2.45, 2.75) is 23.8 Å². The summed E-state index contributed by atoms with van der Waals surface area (Å²) in [5.41, 5.74) is 0.357. The lowest BCUT2D eigenvalue weighted by molar-refractivity contribution is 0.0696. The van der Waals surface area contributed by atoms with Gasteiger partial charge < -0.3 is 15.2 Å². The molecule has 2 rings (SSSR count). The number of hydrogen-bond acceptors (Lipinski definition) is 5. The lowest BCUT2D eigenvalue weighted by atomic mass is 10.2. The number of nitrogens with one attached hydrogen (secondary N) is 2. The summed E-state index contributed by atoms with van der Waals surface area (Å²) in [4.78, 5) is 11.0. The molecule has 0 saturated heterocycles. The maximum Gasteiger partial charge on any atom is 0.335 e. The number of benzene rings is 1. The highest BCUT2D eigenvalue weighted by Crippen LogP contribution is 2.29. The molecule has 116 valence electrons. The highest BCUT2D eigenvalue weighted by Gasteiger charge is 2.26. The van der Waals surface area contributed by atoms with Gasteiger partial charge in [-0.15, -0.1) is 0 Å². The predicted octanol–water partition coefficient (Wildman–Crippen LogP) is 0.884. The van der Waals surface area contributed by atoms with Crippen molar-refractivity contribution in [3.05, 3.63) is 23.8 Å². The summed E-state index contributed by atoms with van der Waals surface area (Å²) in [6.45, 7) is 0.363. The second-order valence-corrected chi connectivity index (χ2v) is 6.56. The van der Waals surface area contributed by atoms with Gasteiger partial charge in [-0.3, -0.25) is 0 Å². The summed E-state index contributed by atoms with van der Waals surface area (Å²) < 4.78 is 31.8. The van der Waals surface area contributed by atoms with Crippen molar-refractivity contribution in [1.29, 1.82) is 0 Å². The number of aromatic carboxylic acids is 1. The van der Waals surface area contributed by atoms with Gasteiger partial charge >= 0.3 is 5.97 Å². The van der Waals surface area contributed by atoms with Crippen LogP contribution >= 0.6 is 0 Å². The van der Waals surface area contributed by atoms with Crippen molar-refractivity contribution in [1.82, 2.24) is 4.72 Å². The first-order valence-corrected chi connectivity index (χ1v) is 8.05. The lowest BCUT2D eigenvalue weighted by Gasteiger charge is -2.13. The third-order valence-electron chi connectivity index (χ3n) is 3.05. The molecule has 3 N–H and O–H groups in total. The van der Waals surface area contributed by atoms with Gasteiger partial charge in [0.25, 0.3) is 0 Å². The first kappa shape index (κ1) is 15.7. The van der Waals surface area contributed by atoms with Gasteiger partial charge in [0.05, 0.1) is 17.9 Å². The third kappa shape index (κ3) is 4.16. The number of sulfonamides is 1. The first-order valence-electron chi connectivity index (χ1n) is 6.56. The van der Waals surface area contributed by atoms with E-state index in [0.29, 0.717) is 5.69 Å². The number of carboxylic acids is 1. The number of ether oxygens (including phenoxy) is 1. The second kappa shape index (κ2) is 6.42. The summed E-state index contributed by atoms with van der Waals surface area (Å²) in [5.74, 6) is -1.17. The van der Waals surface area contributed by atoms with Crippen LogP contribution in [-0.4, -0.2) is 45.8 Å². The summed E-state index contributed by atoms with van der Waals surface area (Å²) >= 11 is 0. The maximum absolute atomic E-state index is 12.3. The van der Waals surface area contributed by atoms with E-state index in [4.69, 9.17) is 9.84 Å². The molecule has 8 heteroatoms. The van der Waals surface area contributed by atoms with Gasteiger partial charge in [-0.25, -0.2) is 17.9 Å². The molecule has 1 aromatic carbocycles. The largest absolute Gasteiger partial charge is 0.478 e. The van der Waals surface area contributed by atoms with Crippen LogP contribution in [-0.2, 0) is 14.8 Å². The molecular weight excluding hydrogens is 296 g/mol. The lowest BCUT2D eigenvalue weighted by Crippen LogP contribution is -2.28. The first-order chi connectivity index (χ1) is 9.94. The van der Waals surface area contributed by atoms with Gasteiger partial charge in [-0.2, -0.15) is 0 Å². The fourth-order valence-corrected chi connectivity index (χ4v) is 3.01. The van der Waals surface area contributed by atoms with E-state index in [9.17, 15) is 13.2 Å². The minimum atomic E-state index is -3.79. The highest BCUT2D eigenvalue weighted by molar-refractivity contribution is 7.89. The normalized spacial score (nSPS) is 14.9. The van der Waals surface area contributed by atoms with Crippen LogP contribution in [0.1, 0.15) is 23.2 Å². The Bertz CT molecular complexity index is 625. The van der Waals surface area contributed by atoms with Crippen LogP contribution in [0.15, 0.2) is 23.1 Å². The van der Waals surface area contributed by atoms with Crippen LogP contribution in [0.5, 0.6) is 0 Å². The zero-order valence-corrected chi connectivity index (χ0v) is 12.4. The molecule has 1 fully saturated rings. The summed E-state index contributed by atoms with van der Waals surface area (Å²) in [5, 5.41) is 12.1. The van der Waals surface area contributed by atoms with Gasteiger partial charge in [0.15, 0.2) is 0 Å². The van der Waals surface area contributed by atoms with Crippen molar-refractivity contribution in [2.24, 2.45) is 0 Å². The van der Waals surface area contributed by atoms with E-state index < -0.39 is 16.0 Å². The Kier molecular flexibility index (Phi) is 4.81. The molecule has 21 heavy (non-hydrogen) atoms. The second-order valence-electron chi connectivity index (χ2n) is 4.83. The molecule has 0 aromatic heterocycles. The maximum atomic E-state index is 12.3. The van der Waals surface area contributed by atoms with E-state index in [-0.39, 0.29) is 29.7 Å². The summed E-state index contributed by atoms with van der Waals surface area (Å²) in [7, 11) is -2.32. The Labute approximate surface area is 123 Å². The monoisotopic (exact) mass is 314 g/mol. The van der Waals surface area contributed by atoms with E-state index in [1.54, 1.807) is 0 Å². The average Bonchev–Trinajstić information content (AvgIpc) is 3.23. The molecule has 0 heterocycles. The molecule has 7 nitrogen and oxygen atoms in total. The van der Waals surface area contributed by atoms with Gasteiger partial charge in [0, 0.05) is 19.7 Å². The number of methoxy groups -OCH3 is 1. The Morgan fingerprint density at radius 1 is 1.43 bits per heavy atom. The molecule has 1 aliphatic carbocycles. The molecule has 0 amide bonds.